The summed E-state index contributed by atoms with van der Waals surface area (Å²) in [6.07, 6.45) is 0. The molecule has 1 unspecified atom stereocenters. The smallest absolute Gasteiger partial charge is 0.278 e. The number of ether oxygens (including phenoxy) is 1. The third-order valence-corrected chi connectivity index (χ3v) is 1.35. The van der Waals surface area contributed by atoms with E-state index in [2.05, 4.69) is 17.0 Å². The molecule has 1 N–H and O–H groups in total. The van der Waals surface area contributed by atoms with Gasteiger partial charge in [0.1, 0.15) is 0 Å². The normalized spacial score (nSPS) is 12.8. The van der Waals surface area contributed by atoms with Crippen molar-refractivity contribution in [2.75, 3.05) is 6.61 Å². The lowest BCUT2D eigenvalue weighted by molar-refractivity contribution is 0.342. The highest BCUT2D eigenvalue weighted by Crippen LogP contribution is 1.84. The zero-order valence-electron chi connectivity index (χ0n) is 4.29. The van der Waals surface area contributed by atoms with Crippen LogP contribution in [0.2, 0.25) is 0 Å². The molecule has 0 aliphatic rings. The van der Waals surface area contributed by atoms with Crippen LogP contribution in [-0.4, -0.2) is 19.8 Å². The van der Waals surface area contributed by atoms with Crippen molar-refractivity contribution in [2.45, 2.75) is 6.92 Å². The van der Waals surface area contributed by atoms with Gasteiger partial charge in [0, 0.05) is 0 Å². The van der Waals surface area contributed by atoms with Gasteiger partial charge in [0.25, 0.3) is 4.38 Å². The van der Waals surface area contributed by atoms with Crippen LogP contribution in [0.15, 0.2) is 0 Å². The molecule has 0 aromatic carbocycles. The molecule has 0 amide bonds. The van der Waals surface area contributed by atoms with Gasteiger partial charge >= 0.3 is 0 Å². The van der Waals surface area contributed by atoms with E-state index < -0.39 is 11.1 Å². The van der Waals surface area contributed by atoms with E-state index in [1.54, 1.807) is 6.92 Å². The third-order valence-electron chi connectivity index (χ3n) is 0.405. The first kappa shape index (κ1) is 8.00. The molecule has 3 nitrogen and oxygen atoms in total. The van der Waals surface area contributed by atoms with Crippen molar-refractivity contribution in [3.05, 3.63) is 0 Å². The average Bonchev–Trinajstić information content (AvgIpc) is 1.67. The van der Waals surface area contributed by atoms with E-state index in [0.717, 1.165) is 0 Å². The summed E-state index contributed by atoms with van der Waals surface area (Å²) in [5.74, 6) is 0. The fourth-order valence-corrected chi connectivity index (χ4v) is 0.505. The van der Waals surface area contributed by atoms with Crippen LogP contribution in [0.3, 0.4) is 0 Å². The van der Waals surface area contributed by atoms with Gasteiger partial charge in [0.2, 0.25) is 11.1 Å². The first-order chi connectivity index (χ1) is 3.68. The molecule has 0 aromatic heterocycles. The number of hydrogen-bond acceptors (Lipinski definition) is 3. The van der Waals surface area contributed by atoms with Crippen molar-refractivity contribution in [2.24, 2.45) is 0 Å². The van der Waals surface area contributed by atoms with E-state index in [1.807, 2.05) is 0 Å². The Hall–Kier alpha value is -0.0000000000000000486. The molecule has 0 aromatic rings. The topological polar surface area (TPSA) is 46.5 Å². The predicted molar refractivity (Wildman–Crippen MR) is 35.0 cm³/mol. The van der Waals surface area contributed by atoms with Crippen molar-refractivity contribution in [3.8, 4) is 0 Å². The molecule has 48 valence electrons. The van der Waals surface area contributed by atoms with Crippen molar-refractivity contribution >= 4 is 27.7 Å². The van der Waals surface area contributed by atoms with Crippen LogP contribution >= 0.6 is 12.2 Å². The minimum absolute atomic E-state index is 0.257. The SMILES string of the molecule is CCOC(=S)S(=O)O. The Morgan fingerprint density at radius 2 is 2.50 bits per heavy atom. The Bertz CT molecular complexity index is 111. The van der Waals surface area contributed by atoms with Gasteiger partial charge in [0.05, 0.1) is 6.61 Å². The van der Waals surface area contributed by atoms with Crippen LogP contribution in [0.25, 0.3) is 0 Å². The molecule has 0 rings (SSSR count). The molecule has 1 atom stereocenters. The maximum absolute atomic E-state index is 9.93. The standard InChI is InChI=1S/C3H6O3S2/c1-2-6-3(7)8(4)5/h2H2,1H3,(H,4,5). The summed E-state index contributed by atoms with van der Waals surface area (Å²) < 4.78 is 22.3. The molecule has 0 heterocycles. The fraction of sp³-hybridized carbons (Fsp3) is 0.667. The molecule has 0 saturated heterocycles. The minimum Gasteiger partial charge on any atom is -0.476 e. The summed E-state index contributed by atoms with van der Waals surface area (Å²) in [6.45, 7) is 2.03. The molecule has 5 heteroatoms. The van der Waals surface area contributed by atoms with E-state index in [0.29, 0.717) is 6.61 Å². The first-order valence-corrected chi connectivity index (χ1v) is 3.47. The minimum atomic E-state index is -2.10. The van der Waals surface area contributed by atoms with Gasteiger partial charge in [-0.25, -0.2) is 4.21 Å². The summed E-state index contributed by atoms with van der Waals surface area (Å²) >= 11 is 2.20. The number of hydrogen-bond donors (Lipinski definition) is 1. The second-order valence-electron chi connectivity index (χ2n) is 0.932. The molecule has 0 aliphatic heterocycles. The molecule has 0 aliphatic carbocycles. The van der Waals surface area contributed by atoms with Crippen LogP contribution in [0.4, 0.5) is 0 Å². The lowest BCUT2D eigenvalue weighted by Gasteiger charge is -1.96. The Morgan fingerprint density at radius 1 is 2.00 bits per heavy atom. The first-order valence-electron chi connectivity index (χ1n) is 1.96. The van der Waals surface area contributed by atoms with Gasteiger partial charge in [0.15, 0.2) is 0 Å². The van der Waals surface area contributed by atoms with Gasteiger partial charge < -0.3 is 4.74 Å². The second kappa shape index (κ2) is 3.94. The van der Waals surface area contributed by atoms with Crippen molar-refractivity contribution in [3.63, 3.8) is 0 Å². The lowest BCUT2D eigenvalue weighted by Crippen LogP contribution is -2.06. The number of thiocarbonyl (C=S) groups is 1. The van der Waals surface area contributed by atoms with Crippen LogP contribution < -0.4 is 0 Å². The zero-order valence-corrected chi connectivity index (χ0v) is 5.92. The van der Waals surface area contributed by atoms with Crippen molar-refractivity contribution < 1.29 is 13.5 Å². The van der Waals surface area contributed by atoms with E-state index in [1.165, 1.54) is 0 Å². The van der Waals surface area contributed by atoms with Crippen LogP contribution in [0.5, 0.6) is 0 Å². The molecule has 0 fully saturated rings. The highest BCUT2D eigenvalue weighted by molar-refractivity contribution is 8.09. The quantitative estimate of drug-likeness (QED) is 0.442. The van der Waals surface area contributed by atoms with Gasteiger partial charge in [-0.05, 0) is 19.1 Å². The molecular weight excluding hydrogens is 148 g/mol. The Kier molecular flexibility index (Phi) is 3.94. The molecule has 0 bridgehead atoms. The molecule has 8 heavy (non-hydrogen) atoms. The second-order valence-corrected chi connectivity index (χ2v) is 2.43. The van der Waals surface area contributed by atoms with Crippen molar-refractivity contribution in [1.82, 2.24) is 0 Å². The van der Waals surface area contributed by atoms with Gasteiger partial charge in [-0.3, -0.25) is 4.55 Å². The predicted octanol–water partition coefficient (Wildman–Crippen LogP) is 0.530. The van der Waals surface area contributed by atoms with E-state index in [4.69, 9.17) is 4.55 Å². The molecule has 0 radical (unpaired) electrons. The summed E-state index contributed by atoms with van der Waals surface area (Å²) in [7, 11) is 0. The molecule has 0 spiro atoms. The molecule has 0 saturated carbocycles. The van der Waals surface area contributed by atoms with Gasteiger partial charge in [-0.15, -0.1) is 0 Å². The highest BCUT2D eigenvalue weighted by Gasteiger charge is 2.00. The monoisotopic (exact) mass is 154 g/mol. The Labute approximate surface area is 55.3 Å². The fourth-order valence-electron chi connectivity index (χ4n) is 0.168. The summed E-state index contributed by atoms with van der Waals surface area (Å²) in [4.78, 5) is 0. The van der Waals surface area contributed by atoms with Crippen LogP contribution in [0.1, 0.15) is 6.92 Å². The Morgan fingerprint density at radius 3 is 2.62 bits per heavy atom. The molecular formula is C3H6O3S2. The number of rotatable bonds is 1. The third kappa shape index (κ3) is 3.06. The zero-order chi connectivity index (χ0) is 6.57. The van der Waals surface area contributed by atoms with E-state index in [-0.39, 0.29) is 4.38 Å². The van der Waals surface area contributed by atoms with Gasteiger partial charge in [-0.2, -0.15) is 0 Å². The summed E-state index contributed by atoms with van der Waals surface area (Å²) in [6, 6.07) is 0. The lowest BCUT2D eigenvalue weighted by atomic mass is 10.9. The van der Waals surface area contributed by atoms with E-state index in [9.17, 15) is 4.21 Å². The summed E-state index contributed by atoms with van der Waals surface area (Å²) in [5, 5.41) is 0. The average molecular weight is 154 g/mol. The van der Waals surface area contributed by atoms with Crippen LogP contribution in [-0.2, 0) is 15.8 Å². The largest absolute Gasteiger partial charge is 0.476 e. The Balaban J connectivity index is 3.49. The maximum atomic E-state index is 9.93. The van der Waals surface area contributed by atoms with Crippen LogP contribution in [0, 0.1) is 0 Å². The van der Waals surface area contributed by atoms with Gasteiger partial charge in [-0.1, -0.05) is 0 Å². The van der Waals surface area contributed by atoms with Crippen molar-refractivity contribution in [1.29, 1.82) is 0 Å². The van der Waals surface area contributed by atoms with E-state index >= 15 is 0 Å². The highest BCUT2D eigenvalue weighted by atomic mass is 32.2. The summed E-state index contributed by atoms with van der Waals surface area (Å²) in [5.41, 5.74) is 0. The maximum Gasteiger partial charge on any atom is 0.278 e.